The number of rotatable bonds is 7. The number of fused-ring (bicyclic) bond motifs is 13. The molecule has 0 radical (unpaired) electrons. The van der Waals surface area contributed by atoms with Crippen molar-refractivity contribution in [3.05, 3.63) is 267 Å². The monoisotopic (exact) mass is 1060 g/mol. The van der Waals surface area contributed by atoms with E-state index in [4.69, 9.17) is 23.7 Å². The molecule has 6 aliphatic heterocycles. The number of anilines is 9. The van der Waals surface area contributed by atoms with Crippen LogP contribution in [0.2, 0.25) is 0 Å². The van der Waals surface area contributed by atoms with E-state index in [0.717, 1.165) is 141 Å². The third-order valence-corrected chi connectivity index (χ3v) is 17.3. The van der Waals surface area contributed by atoms with Crippen LogP contribution in [0.4, 0.5) is 51.2 Å². The zero-order chi connectivity index (χ0) is 54.3. The largest absolute Gasteiger partial charge is 0.459 e. The third-order valence-electron chi connectivity index (χ3n) is 17.3. The highest BCUT2D eigenvalue weighted by atomic mass is 16.5. The van der Waals surface area contributed by atoms with Gasteiger partial charge in [-0.15, -0.1) is 0 Å². The zero-order valence-corrected chi connectivity index (χ0v) is 44.5. The number of nitrogens with zero attached hydrogens (tertiary/aromatic N) is 3. The van der Waals surface area contributed by atoms with E-state index in [2.05, 4.69) is 263 Å². The summed E-state index contributed by atoms with van der Waals surface area (Å²) in [6.45, 7) is -0.743. The first-order chi connectivity index (χ1) is 41.2. The lowest BCUT2D eigenvalue weighted by atomic mass is 9.30. The SMILES string of the molecule is c1ccc(N(c2ccccc2)c2cc3c4c(c2)Oc2cc5c6c(c2B4c2ccccc2O3)Oc2ccccc2B6c2cc3c(cc2O5)N(c2ccccc2)c2cc(N(c4ccccc4)c4ccccc4)cc4c2B3c2ccccc2O4)cc1. The van der Waals surface area contributed by atoms with Crippen LogP contribution in [0.3, 0.4) is 0 Å². The molecule has 0 amide bonds. The molecule has 18 rings (SSSR count). The Balaban J connectivity index is 0.856. The van der Waals surface area contributed by atoms with Gasteiger partial charge in [0.1, 0.15) is 57.5 Å². The summed E-state index contributed by atoms with van der Waals surface area (Å²) >= 11 is 0. The van der Waals surface area contributed by atoms with Gasteiger partial charge in [0.2, 0.25) is 0 Å². The molecule has 386 valence electrons. The predicted molar refractivity (Wildman–Crippen MR) is 337 cm³/mol. The first kappa shape index (κ1) is 46.0. The fourth-order valence-electron chi connectivity index (χ4n) is 13.9. The molecule has 0 aromatic heterocycles. The van der Waals surface area contributed by atoms with Crippen LogP contribution in [-0.2, 0) is 0 Å². The fourth-order valence-corrected chi connectivity index (χ4v) is 13.9. The number of hydrogen-bond acceptors (Lipinski definition) is 8. The standard InChI is InChI=1S/C72H44B3N3O5/c1-6-22-45(23-7-1)76(46-24-8-2-9-25-46)50-38-58-68-63(39-50)79-59-35-19-16-32-52(59)73(68)55-42-56-62(43-57(55)78(58)49-30-14-5-15-31-49)81-66-44-67-71(72-70(66)74(56)53-33-17-21-37-61(53)83-72)75-54-34-18-20-36-60(54)80-64-40-51(41-65(82-67)69(64)75)77(47-26-10-3-11-27-47)48-28-12-4-13-29-48/h1-44H. The average molecular weight is 1060 g/mol. The molecule has 0 unspecified atom stereocenters. The molecule has 0 bridgehead atoms. The maximum atomic E-state index is 7.49. The Kier molecular flexibility index (Phi) is 9.91. The summed E-state index contributed by atoms with van der Waals surface area (Å²) in [7, 11) is 0. The van der Waals surface area contributed by atoms with Gasteiger partial charge in [0.25, 0.3) is 20.1 Å². The van der Waals surface area contributed by atoms with Crippen molar-refractivity contribution in [1.82, 2.24) is 0 Å². The number of para-hydroxylation sites is 8. The summed E-state index contributed by atoms with van der Waals surface area (Å²) in [5, 5.41) is 0. The van der Waals surface area contributed by atoms with Crippen LogP contribution < -0.4 is 87.5 Å². The van der Waals surface area contributed by atoms with Crippen molar-refractivity contribution in [2.24, 2.45) is 0 Å². The molecule has 0 aliphatic carbocycles. The minimum absolute atomic E-state index is 0.188. The Bertz CT molecular complexity index is 4570. The van der Waals surface area contributed by atoms with Crippen molar-refractivity contribution in [3.8, 4) is 57.5 Å². The zero-order valence-electron chi connectivity index (χ0n) is 44.5. The molecule has 0 fully saturated rings. The highest BCUT2D eigenvalue weighted by Crippen LogP contribution is 2.49. The van der Waals surface area contributed by atoms with Gasteiger partial charge in [-0.3, -0.25) is 0 Å². The Morgan fingerprint density at radius 1 is 0.241 bits per heavy atom. The second kappa shape index (κ2) is 17.9. The van der Waals surface area contributed by atoms with E-state index < -0.39 is 0 Å². The smallest absolute Gasteiger partial charge is 0.265 e. The summed E-state index contributed by atoms with van der Waals surface area (Å²) in [5.74, 6) is 7.52. The van der Waals surface area contributed by atoms with Gasteiger partial charge < -0.3 is 38.4 Å². The summed E-state index contributed by atoms with van der Waals surface area (Å²) in [6.07, 6.45) is 0. The Labute approximate surface area is 480 Å². The maximum Gasteiger partial charge on any atom is 0.265 e. The maximum absolute atomic E-state index is 7.49. The van der Waals surface area contributed by atoms with E-state index in [1.165, 1.54) is 0 Å². The summed E-state index contributed by atoms with van der Waals surface area (Å²) in [5.41, 5.74) is 18.4. The van der Waals surface area contributed by atoms with Crippen LogP contribution in [0.15, 0.2) is 267 Å². The van der Waals surface area contributed by atoms with Gasteiger partial charge in [0.15, 0.2) is 0 Å². The summed E-state index contributed by atoms with van der Waals surface area (Å²) in [6, 6.07) is 93.7. The lowest BCUT2D eigenvalue weighted by Crippen LogP contribution is -2.64. The molecule has 6 heterocycles. The van der Waals surface area contributed by atoms with Gasteiger partial charge in [-0.1, -0.05) is 152 Å². The van der Waals surface area contributed by atoms with Crippen LogP contribution >= 0.6 is 0 Å². The van der Waals surface area contributed by atoms with E-state index in [1.54, 1.807) is 0 Å². The predicted octanol–water partition coefficient (Wildman–Crippen LogP) is 12.5. The fraction of sp³-hybridized carbons (Fsp3) is 0. The second-order valence-electron chi connectivity index (χ2n) is 21.8. The highest BCUT2D eigenvalue weighted by Gasteiger charge is 2.51. The molecule has 83 heavy (non-hydrogen) atoms. The molecule has 0 spiro atoms. The van der Waals surface area contributed by atoms with Crippen molar-refractivity contribution >= 4 is 120 Å². The molecule has 0 saturated heterocycles. The Morgan fingerprint density at radius 2 is 0.627 bits per heavy atom. The van der Waals surface area contributed by atoms with Gasteiger partial charge in [0.05, 0.1) is 11.4 Å². The van der Waals surface area contributed by atoms with Gasteiger partial charge in [-0.25, -0.2) is 0 Å². The van der Waals surface area contributed by atoms with E-state index >= 15 is 0 Å². The number of hydrogen-bond donors (Lipinski definition) is 0. The Morgan fingerprint density at radius 3 is 1.16 bits per heavy atom. The van der Waals surface area contributed by atoms with Gasteiger partial charge >= 0.3 is 0 Å². The minimum atomic E-state index is -0.293. The molecule has 0 atom stereocenters. The molecular weight excluding hydrogens is 1020 g/mol. The highest BCUT2D eigenvalue weighted by molar-refractivity contribution is 7.03. The number of benzene rings is 12. The topological polar surface area (TPSA) is 55.9 Å². The van der Waals surface area contributed by atoms with Crippen molar-refractivity contribution in [2.75, 3.05) is 14.7 Å². The lowest BCUT2D eigenvalue weighted by Gasteiger charge is -2.43. The first-order valence-electron chi connectivity index (χ1n) is 28.2. The summed E-state index contributed by atoms with van der Waals surface area (Å²) in [4.78, 5) is 6.96. The molecule has 0 N–H and O–H groups in total. The quantitative estimate of drug-likeness (QED) is 0.146. The van der Waals surface area contributed by atoms with Crippen molar-refractivity contribution in [3.63, 3.8) is 0 Å². The average Bonchev–Trinajstić information content (AvgIpc) is 1.35. The van der Waals surface area contributed by atoms with E-state index in [0.29, 0.717) is 17.2 Å². The van der Waals surface area contributed by atoms with Crippen LogP contribution in [-0.4, -0.2) is 20.1 Å². The van der Waals surface area contributed by atoms with Gasteiger partial charge in [0, 0.05) is 86.5 Å². The first-order valence-corrected chi connectivity index (χ1v) is 28.2. The van der Waals surface area contributed by atoms with E-state index in [-0.39, 0.29) is 20.1 Å². The molecule has 11 heteroatoms. The van der Waals surface area contributed by atoms with Crippen LogP contribution in [0, 0.1) is 0 Å². The third kappa shape index (κ3) is 6.91. The second-order valence-corrected chi connectivity index (χ2v) is 21.8. The van der Waals surface area contributed by atoms with E-state index in [1.807, 2.05) is 18.2 Å². The van der Waals surface area contributed by atoms with E-state index in [9.17, 15) is 0 Å². The molecule has 8 nitrogen and oxygen atoms in total. The number of ether oxygens (including phenoxy) is 5. The molecule has 12 aromatic carbocycles. The normalized spacial score (nSPS) is 13.4. The van der Waals surface area contributed by atoms with Crippen molar-refractivity contribution in [2.45, 2.75) is 0 Å². The van der Waals surface area contributed by atoms with Crippen LogP contribution in [0.25, 0.3) is 0 Å². The molecule has 6 aliphatic rings. The Hall–Kier alpha value is -10.8. The molecule has 0 saturated carbocycles. The minimum Gasteiger partial charge on any atom is -0.459 e. The van der Waals surface area contributed by atoms with Crippen molar-refractivity contribution in [1.29, 1.82) is 0 Å². The lowest BCUT2D eigenvalue weighted by molar-refractivity contribution is 0.442. The van der Waals surface area contributed by atoms with Gasteiger partial charge in [-0.05, 0) is 118 Å². The molecular formula is C72H44B3N3O5. The summed E-state index contributed by atoms with van der Waals surface area (Å²) < 4.78 is 36.3. The van der Waals surface area contributed by atoms with Crippen LogP contribution in [0.1, 0.15) is 0 Å². The van der Waals surface area contributed by atoms with Crippen LogP contribution in [0.5, 0.6) is 57.5 Å². The van der Waals surface area contributed by atoms with Gasteiger partial charge in [-0.2, -0.15) is 0 Å². The molecule has 12 aromatic rings. The van der Waals surface area contributed by atoms with Crippen molar-refractivity contribution < 1.29 is 23.7 Å².